The lowest BCUT2D eigenvalue weighted by atomic mass is 10.2. The fourth-order valence-electron chi connectivity index (χ4n) is 2.01. The Bertz CT molecular complexity index is 885. The molecule has 0 radical (unpaired) electrons. The quantitative estimate of drug-likeness (QED) is 0.615. The third kappa shape index (κ3) is 2.06. The molecule has 2 nitrogen and oxygen atoms in total. The maximum atomic E-state index is 13.7. The van der Waals surface area contributed by atoms with Crippen LogP contribution in [0.4, 0.5) is 13.2 Å². The summed E-state index contributed by atoms with van der Waals surface area (Å²) in [5, 5.41) is 0. The molecule has 0 amide bonds. The predicted molar refractivity (Wildman–Crippen MR) is 76.0 cm³/mol. The first-order valence-electron chi connectivity index (χ1n) is 5.52. The smallest absolute Gasteiger partial charge is 0.182 e. The van der Waals surface area contributed by atoms with Gasteiger partial charge in [-0.15, -0.1) is 0 Å². The van der Waals surface area contributed by atoms with Crippen molar-refractivity contribution in [2.45, 2.75) is 0 Å². The molecule has 0 aliphatic heterocycles. The van der Waals surface area contributed by atoms with Gasteiger partial charge in [0.25, 0.3) is 0 Å². The molecule has 0 aliphatic rings. The standard InChI is InChI=1S/C13H6BrF3N2S/c14-8-5-7(1-2-9(8)16)19-11-4-6(15)3-10(17)12(11)18-13(19)20/h1-5H,(H,18,20). The van der Waals surface area contributed by atoms with Gasteiger partial charge in [-0.25, -0.2) is 13.2 Å². The van der Waals surface area contributed by atoms with Crippen molar-refractivity contribution >= 4 is 39.2 Å². The van der Waals surface area contributed by atoms with Crippen molar-refractivity contribution in [1.82, 2.24) is 9.55 Å². The fourth-order valence-corrected chi connectivity index (χ4v) is 2.69. The van der Waals surface area contributed by atoms with Gasteiger partial charge in [-0.2, -0.15) is 0 Å². The second-order valence-corrected chi connectivity index (χ2v) is 5.39. The van der Waals surface area contributed by atoms with Crippen LogP contribution in [0.15, 0.2) is 34.8 Å². The summed E-state index contributed by atoms with van der Waals surface area (Å²) in [5.41, 5.74) is 0.863. The van der Waals surface area contributed by atoms with E-state index in [1.165, 1.54) is 28.8 Å². The van der Waals surface area contributed by atoms with Crippen LogP contribution in [0.2, 0.25) is 0 Å². The molecule has 0 saturated heterocycles. The number of nitrogens with zero attached hydrogens (tertiary/aromatic N) is 1. The molecule has 3 aromatic rings. The van der Waals surface area contributed by atoms with Gasteiger partial charge in [0.1, 0.15) is 17.2 Å². The summed E-state index contributed by atoms with van der Waals surface area (Å²) in [6.45, 7) is 0. The Morgan fingerprint density at radius 3 is 2.50 bits per heavy atom. The first kappa shape index (κ1) is 13.4. The molecule has 20 heavy (non-hydrogen) atoms. The van der Waals surface area contributed by atoms with Gasteiger partial charge < -0.3 is 4.98 Å². The Morgan fingerprint density at radius 2 is 1.80 bits per heavy atom. The van der Waals surface area contributed by atoms with Gasteiger partial charge >= 0.3 is 0 Å². The molecule has 0 saturated carbocycles. The molecular formula is C13H6BrF3N2S. The Kier molecular flexibility index (Phi) is 3.18. The van der Waals surface area contributed by atoms with Crippen molar-refractivity contribution in [3.05, 3.63) is 57.0 Å². The van der Waals surface area contributed by atoms with Gasteiger partial charge in [0, 0.05) is 17.8 Å². The molecule has 0 aliphatic carbocycles. The summed E-state index contributed by atoms with van der Waals surface area (Å²) in [6, 6.07) is 6.16. The first-order valence-corrected chi connectivity index (χ1v) is 6.72. The summed E-state index contributed by atoms with van der Waals surface area (Å²) in [6.07, 6.45) is 0. The number of halogens is 4. The van der Waals surface area contributed by atoms with E-state index in [-0.39, 0.29) is 20.3 Å². The first-order chi connectivity index (χ1) is 9.47. The van der Waals surface area contributed by atoms with E-state index in [9.17, 15) is 13.2 Å². The lowest BCUT2D eigenvalue weighted by Gasteiger charge is -2.06. The number of nitrogens with one attached hydrogen (secondary N) is 1. The average molecular weight is 359 g/mol. The van der Waals surface area contributed by atoms with Gasteiger partial charge in [0.05, 0.1) is 9.99 Å². The Balaban J connectivity index is 2.38. The number of H-pyrrole nitrogens is 1. The molecule has 1 heterocycles. The molecule has 7 heteroatoms. The zero-order valence-corrected chi connectivity index (χ0v) is 12.2. The number of rotatable bonds is 1. The summed E-state index contributed by atoms with van der Waals surface area (Å²) < 4.78 is 42.2. The fraction of sp³-hybridized carbons (Fsp3) is 0. The van der Waals surface area contributed by atoms with Gasteiger partial charge in [-0.3, -0.25) is 4.57 Å². The van der Waals surface area contributed by atoms with Crippen LogP contribution in [-0.2, 0) is 0 Å². The highest BCUT2D eigenvalue weighted by Gasteiger charge is 2.13. The number of hydrogen-bond donors (Lipinski definition) is 1. The van der Waals surface area contributed by atoms with Crippen LogP contribution in [0.1, 0.15) is 0 Å². The minimum atomic E-state index is -0.731. The van der Waals surface area contributed by atoms with Gasteiger partial charge in [-0.05, 0) is 46.3 Å². The molecule has 1 aromatic heterocycles. The maximum Gasteiger partial charge on any atom is 0.182 e. The minimum absolute atomic E-state index is 0.108. The van der Waals surface area contributed by atoms with E-state index in [0.29, 0.717) is 5.69 Å². The second-order valence-electron chi connectivity index (χ2n) is 4.15. The van der Waals surface area contributed by atoms with Crippen molar-refractivity contribution in [2.75, 3.05) is 0 Å². The lowest BCUT2D eigenvalue weighted by molar-refractivity contribution is 0.590. The largest absolute Gasteiger partial charge is 0.328 e. The average Bonchev–Trinajstić information content (AvgIpc) is 2.70. The van der Waals surface area contributed by atoms with Crippen LogP contribution >= 0.6 is 28.1 Å². The SMILES string of the molecule is Fc1cc(F)c2[nH]c(=S)n(-c3ccc(F)c(Br)c3)c2c1. The summed E-state index contributed by atoms with van der Waals surface area (Å²) in [7, 11) is 0. The molecule has 0 bridgehead atoms. The Labute approximate surface area is 125 Å². The van der Waals surface area contributed by atoms with Crippen LogP contribution in [0.5, 0.6) is 0 Å². The molecular weight excluding hydrogens is 353 g/mol. The summed E-state index contributed by atoms with van der Waals surface area (Å²) in [4.78, 5) is 2.68. The van der Waals surface area contributed by atoms with E-state index < -0.39 is 17.5 Å². The minimum Gasteiger partial charge on any atom is -0.328 e. The highest BCUT2D eigenvalue weighted by molar-refractivity contribution is 9.10. The summed E-state index contributed by atoms with van der Waals surface area (Å²) >= 11 is 8.19. The number of benzene rings is 2. The summed E-state index contributed by atoms with van der Waals surface area (Å²) in [5.74, 6) is -1.87. The molecule has 102 valence electrons. The molecule has 0 atom stereocenters. The number of aromatic amines is 1. The molecule has 0 fully saturated rings. The zero-order valence-electron chi connectivity index (χ0n) is 9.75. The third-order valence-corrected chi connectivity index (χ3v) is 3.76. The van der Waals surface area contributed by atoms with Gasteiger partial charge in [0.15, 0.2) is 10.6 Å². The monoisotopic (exact) mass is 358 g/mol. The van der Waals surface area contributed by atoms with Crippen molar-refractivity contribution in [2.24, 2.45) is 0 Å². The second kappa shape index (κ2) is 4.75. The number of hydrogen-bond acceptors (Lipinski definition) is 1. The maximum absolute atomic E-state index is 13.7. The van der Waals surface area contributed by atoms with Gasteiger partial charge in [0.2, 0.25) is 0 Å². The van der Waals surface area contributed by atoms with E-state index in [0.717, 1.165) is 6.07 Å². The Morgan fingerprint density at radius 1 is 1.05 bits per heavy atom. The topological polar surface area (TPSA) is 20.7 Å². The molecule has 3 rings (SSSR count). The van der Waals surface area contributed by atoms with E-state index in [2.05, 4.69) is 20.9 Å². The highest BCUT2D eigenvalue weighted by Crippen LogP contribution is 2.25. The van der Waals surface area contributed by atoms with Gasteiger partial charge in [-0.1, -0.05) is 0 Å². The molecule has 2 aromatic carbocycles. The molecule has 0 unspecified atom stereocenters. The van der Waals surface area contributed by atoms with E-state index in [4.69, 9.17) is 12.2 Å². The normalized spacial score (nSPS) is 11.2. The van der Waals surface area contributed by atoms with Crippen LogP contribution in [0.3, 0.4) is 0 Å². The van der Waals surface area contributed by atoms with E-state index >= 15 is 0 Å². The van der Waals surface area contributed by atoms with Crippen LogP contribution in [0.25, 0.3) is 16.7 Å². The number of imidazole rings is 1. The van der Waals surface area contributed by atoms with Crippen molar-refractivity contribution in [1.29, 1.82) is 0 Å². The van der Waals surface area contributed by atoms with Crippen molar-refractivity contribution in [3.8, 4) is 5.69 Å². The van der Waals surface area contributed by atoms with Crippen molar-refractivity contribution in [3.63, 3.8) is 0 Å². The zero-order chi connectivity index (χ0) is 14.4. The third-order valence-electron chi connectivity index (χ3n) is 2.87. The molecule has 1 N–H and O–H groups in total. The Hall–Kier alpha value is -1.60. The van der Waals surface area contributed by atoms with E-state index in [1.807, 2.05) is 0 Å². The van der Waals surface area contributed by atoms with Crippen molar-refractivity contribution < 1.29 is 13.2 Å². The highest BCUT2D eigenvalue weighted by atomic mass is 79.9. The lowest BCUT2D eigenvalue weighted by Crippen LogP contribution is -1.95. The number of fused-ring (bicyclic) bond motifs is 1. The van der Waals surface area contributed by atoms with Crippen LogP contribution in [0, 0.1) is 22.2 Å². The van der Waals surface area contributed by atoms with Crippen LogP contribution in [-0.4, -0.2) is 9.55 Å². The predicted octanol–water partition coefficient (Wildman–Crippen LogP) is 4.87. The van der Waals surface area contributed by atoms with E-state index in [1.54, 1.807) is 0 Å². The molecule has 0 spiro atoms. The number of aromatic nitrogens is 2. The van der Waals surface area contributed by atoms with Crippen LogP contribution < -0.4 is 0 Å².